The summed E-state index contributed by atoms with van der Waals surface area (Å²) in [5.41, 5.74) is 3.49. The van der Waals surface area contributed by atoms with Gasteiger partial charge < -0.3 is 15.4 Å². The van der Waals surface area contributed by atoms with Gasteiger partial charge in [0.1, 0.15) is 5.75 Å². The summed E-state index contributed by atoms with van der Waals surface area (Å²) in [6, 6.07) is 7.12. The molecular formula is C23H27N7O2. The molecule has 3 aromatic heterocycles. The summed E-state index contributed by atoms with van der Waals surface area (Å²) in [5.74, 6) is 0.0842. The van der Waals surface area contributed by atoms with Gasteiger partial charge in [-0.3, -0.25) is 9.67 Å². The molecule has 9 heteroatoms. The minimum absolute atomic E-state index is 0.00490. The molecule has 0 amide bonds. The topological polar surface area (TPSA) is 125 Å². The van der Waals surface area contributed by atoms with Crippen molar-refractivity contribution in [1.29, 1.82) is 0 Å². The number of benzene rings is 1. The van der Waals surface area contributed by atoms with E-state index in [1.807, 2.05) is 6.07 Å². The van der Waals surface area contributed by atoms with Crippen LogP contribution in [-0.4, -0.2) is 46.1 Å². The van der Waals surface area contributed by atoms with Gasteiger partial charge in [-0.25, -0.2) is 4.79 Å². The summed E-state index contributed by atoms with van der Waals surface area (Å²) in [7, 11) is 0. The van der Waals surface area contributed by atoms with Gasteiger partial charge in [0.2, 0.25) is 0 Å². The van der Waals surface area contributed by atoms with E-state index < -0.39 is 0 Å². The molecule has 0 spiro atoms. The average molecular weight is 434 g/mol. The highest BCUT2D eigenvalue weighted by Gasteiger charge is 2.39. The summed E-state index contributed by atoms with van der Waals surface area (Å²) in [4.78, 5) is 15.8. The molecule has 1 aromatic carbocycles. The number of aromatic amines is 2. The molecule has 0 bridgehead atoms. The van der Waals surface area contributed by atoms with E-state index in [1.54, 1.807) is 35.2 Å². The molecule has 9 nitrogen and oxygen atoms in total. The number of imidazole rings is 1. The summed E-state index contributed by atoms with van der Waals surface area (Å²) in [5, 5.41) is 29.7. The highest BCUT2D eigenvalue weighted by atomic mass is 16.3. The number of hydrogen-bond acceptors (Lipinski definition) is 6. The number of nitrogens with one attached hydrogen (secondary N) is 3. The van der Waals surface area contributed by atoms with Gasteiger partial charge in [0.05, 0.1) is 17.4 Å². The second-order valence-electron chi connectivity index (χ2n) is 9.94. The van der Waals surface area contributed by atoms with Crippen molar-refractivity contribution in [2.75, 3.05) is 0 Å². The number of phenolic OH excluding ortho intramolecular Hbond substituents is 1. The van der Waals surface area contributed by atoms with Crippen LogP contribution in [0.1, 0.15) is 46.6 Å². The van der Waals surface area contributed by atoms with Crippen LogP contribution in [0.2, 0.25) is 0 Å². The number of nitrogens with zero attached hydrogens (tertiary/aromatic N) is 4. The smallest absolute Gasteiger partial charge is 0.327 e. The fourth-order valence-electron chi connectivity index (χ4n) is 5.18. The van der Waals surface area contributed by atoms with E-state index in [-0.39, 0.29) is 28.6 Å². The Kier molecular flexibility index (Phi) is 4.49. The standard InChI is InChI=1S/C23H27N7O2/c1-22(2)9-15(10-23(3,4)29-22)30-20-18(26-21(30)32)8-17(27-28-20)16-6-5-13(7-19(16)31)14-11-24-25-12-14/h5-8,11-12,15,29,31H,9-10H2,1-4H3,(H,24,25)(H,26,32). The van der Waals surface area contributed by atoms with Crippen LogP contribution in [-0.2, 0) is 0 Å². The first-order valence-electron chi connectivity index (χ1n) is 10.7. The number of H-pyrrole nitrogens is 2. The lowest BCUT2D eigenvalue weighted by Gasteiger charge is -2.46. The van der Waals surface area contributed by atoms with Crippen molar-refractivity contribution in [2.45, 2.75) is 57.7 Å². The maximum Gasteiger partial charge on any atom is 0.327 e. The fraction of sp³-hybridized carbons (Fsp3) is 0.391. The molecule has 32 heavy (non-hydrogen) atoms. The van der Waals surface area contributed by atoms with Crippen LogP contribution >= 0.6 is 0 Å². The lowest BCUT2D eigenvalue weighted by atomic mass is 9.79. The van der Waals surface area contributed by atoms with Gasteiger partial charge in [0.25, 0.3) is 0 Å². The molecule has 1 aliphatic heterocycles. The Labute approximate surface area is 184 Å². The predicted octanol–water partition coefficient (Wildman–Crippen LogP) is 3.36. The highest BCUT2D eigenvalue weighted by Crippen LogP contribution is 2.37. The Morgan fingerprint density at radius 1 is 1.06 bits per heavy atom. The molecule has 4 heterocycles. The van der Waals surface area contributed by atoms with Crippen molar-refractivity contribution in [3.8, 4) is 28.1 Å². The van der Waals surface area contributed by atoms with Crippen molar-refractivity contribution >= 4 is 11.2 Å². The largest absolute Gasteiger partial charge is 0.507 e. The number of phenols is 1. The Morgan fingerprint density at radius 3 is 2.47 bits per heavy atom. The van der Waals surface area contributed by atoms with Gasteiger partial charge in [-0.05, 0) is 64.3 Å². The Morgan fingerprint density at radius 2 is 1.81 bits per heavy atom. The molecule has 0 radical (unpaired) electrons. The number of aromatic nitrogens is 6. The van der Waals surface area contributed by atoms with Crippen molar-refractivity contribution < 1.29 is 5.11 Å². The first-order valence-corrected chi connectivity index (χ1v) is 10.7. The zero-order valence-electron chi connectivity index (χ0n) is 18.6. The second-order valence-corrected chi connectivity index (χ2v) is 9.94. The van der Waals surface area contributed by atoms with Gasteiger partial charge in [0, 0.05) is 34.4 Å². The number of fused-ring (bicyclic) bond motifs is 1. The van der Waals surface area contributed by atoms with Gasteiger partial charge >= 0.3 is 5.69 Å². The van der Waals surface area contributed by atoms with Gasteiger partial charge in [0.15, 0.2) is 5.65 Å². The van der Waals surface area contributed by atoms with Gasteiger partial charge in [-0.2, -0.15) is 5.10 Å². The minimum atomic E-state index is -0.190. The molecule has 1 saturated heterocycles. The van der Waals surface area contributed by atoms with Crippen molar-refractivity contribution in [1.82, 2.24) is 35.3 Å². The lowest BCUT2D eigenvalue weighted by molar-refractivity contribution is 0.132. The monoisotopic (exact) mass is 433 g/mol. The first kappa shape index (κ1) is 20.4. The van der Waals surface area contributed by atoms with Crippen molar-refractivity contribution in [3.63, 3.8) is 0 Å². The highest BCUT2D eigenvalue weighted by molar-refractivity contribution is 5.79. The van der Waals surface area contributed by atoms with Crippen molar-refractivity contribution in [3.05, 3.63) is 47.1 Å². The Hall–Kier alpha value is -3.46. The van der Waals surface area contributed by atoms with Crippen LogP contribution < -0.4 is 11.0 Å². The molecule has 4 aromatic rings. The number of piperidine rings is 1. The van der Waals surface area contributed by atoms with Crippen LogP contribution in [0.4, 0.5) is 0 Å². The maximum absolute atomic E-state index is 12.9. The molecule has 4 N–H and O–H groups in total. The zero-order valence-corrected chi connectivity index (χ0v) is 18.6. The third-order valence-electron chi connectivity index (χ3n) is 6.10. The van der Waals surface area contributed by atoms with Crippen LogP contribution in [0.5, 0.6) is 5.75 Å². The minimum Gasteiger partial charge on any atom is -0.507 e. The molecule has 5 rings (SSSR count). The van der Waals surface area contributed by atoms with E-state index in [1.165, 1.54) is 0 Å². The number of aromatic hydroxyl groups is 1. The molecule has 0 atom stereocenters. The quantitative estimate of drug-likeness (QED) is 0.393. The Balaban J connectivity index is 1.54. The lowest BCUT2D eigenvalue weighted by Crippen LogP contribution is -2.58. The van der Waals surface area contributed by atoms with E-state index in [9.17, 15) is 9.90 Å². The molecule has 1 aliphatic rings. The van der Waals surface area contributed by atoms with Crippen LogP contribution in [0.15, 0.2) is 41.5 Å². The van der Waals surface area contributed by atoms with Gasteiger partial charge in [-0.15, -0.1) is 10.2 Å². The molecule has 1 fully saturated rings. The summed E-state index contributed by atoms with van der Waals surface area (Å²) in [6.45, 7) is 8.61. The molecule has 0 aliphatic carbocycles. The Bertz CT molecular complexity index is 1330. The second kappa shape index (κ2) is 7.03. The number of rotatable bonds is 3. The SMILES string of the molecule is CC1(C)CC(n2c(=O)[nH]c3cc(-c4ccc(-c5cn[nH]c5)cc4O)nnc32)CC(C)(C)N1. The van der Waals surface area contributed by atoms with E-state index in [2.05, 4.69) is 58.4 Å². The fourth-order valence-corrected chi connectivity index (χ4v) is 5.18. The van der Waals surface area contributed by atoms with E-state index in [0.29, 0.717) is 22.4 Å². The molecule has 166 valence electrons. The van der Waals surface area contributed by atoms with Crippen LogP contribution in [0.25, 0.3) is 33.5 Å². The molecule has 0 saturated carbocycles. The van der Waals surface area contributed by atoms with E-state index >= 15 is 0 Å². The third kappa shape index (κ3) is 3.58. The summed E-state index contributed by atoms with van der Waals surface area (Å²) in [6.07, 6.45) is 5.07. The average Bonchev–Trinajstić information content (AvgIpc) is 3.32. The summed E-state index contributed by atoms with van der Waals surface area (Å²) >= 11 is 0. The van der Waals surface area contributed by atoms with Crippen LogP contribution in [0, 0.1) is 0 Å². The molecule has 0 unspecified atom stereocenters. The normalized spacial score (nSPS) is 18.2. The predicted molar refractivity (Wildman–Crippen MR) is 122 cm³/mol. The summed E-state index contributed by atoms with van der Waals surface area (Å²) < 4.78 is 1.73. The van der Waals surface area contributed by atoms with E-state index in [0.717, 1.165) is 24.0 Å². The molecular weight excluding hydrogens is 406 g/mol. The maximum atomic E-state index is 12.9. The van der Waals surface area contributed by atoms with Gasteiger partial charge in [-0.1, -0.05) is 6.07 Å². The zero-order chi connectivity index (χ0) is 22.7. The van der Waals surface area contributed by atoms with Crippen LogP contribution in [0.3, 0.4) is 0 Å². The third-order valence-corrected chi connectivity index (χ3v) is 6.10. The van der Waals surface area contributed by atoms with E-state index in [4.69, 9.17) is 0 Å². The number of hydrogen-bond donors (Lipinski definition) is 4. The van der Waals surface area contributed by atoms with Crippen molar-refractivity contribution in [2.24, 2.45) is 0 Å². The first-order chi connectivity index (χ1) is 15.1.